The Morgan fingerprint density at radius 3 is 3.00 bits per heavy atom. The predicted octanol–water partition coefficient (Wildman–Crippen LogP) is 2.87. The summed E-state index contributed by atoms with van der Waals surface area (Å²) in [6.07, 6.45) is 3.02. The molecular weight excluding hydrogens is 252 g/mol. The minimum Gasteiger partial charge on any atom is -0.394 e. The third kappa shape index (κ3) is 3.31. The second-order valence-corrected chi connectivity index (χ2v) is 5.55. The first kappa shape index (κ1) is 14.9. The highest BCUT2D eigenvalue weighted by atomic mass is 16.3. The monoisotopic (exact) mass is 276 g/mol. The summed E-state index contributed by atoms with van der Waals surface area (Å²) in [4.78, 5) is 14.2. The van der Waals surface area contributed by atoms with E-state index in [1.54, 1.807) is 4.90 Å². The highest BCUT2D eigenvalue weighted by Crippen LogP contribution is 2.24. The molecule has 110 valence electrons. The summed E-state index contributed by atoms with van der Waals surface area (Å²) >= 11 is 0. The van der Waals surface area contributed by atoms with Crippen molar-refractivity contribution in [1.29, 1.82) is 0 Å². The van der Waals surface area contributed by atoms with E-state index in [-0.39, 0.29) is 18.7 Å². The van der Waals surface area contributed by atoms with Crippen LogP contribution in [-0.2, 0) is 6.42 Å². The van der Waals surface area contributed by atoms with Gasteiger partial charge in [0, 0.05) is 12.2 Å². The summed E-state index contributed by atoms with van der Waals surface area (Å²) in [5.74, 6) is 0.349. The number of likely N-dealkylation sites (tertiary alicyclic amines) is 1. The normalized spacial score (nSPS) is 22.6. The number of aryl methyl sites for hydroxylation is 1. The van der Waals surface area contributed by atoms with Crippen molar-refractivity contribution in [2.75, 3.05) is 18.5 Å². The van der Waals surface area contributed by atoms with Gasteiger partial charge in [0.1, 0.15) is 0 Å². The smallest absolute Gasteiger partial charge is 0.322 e. The van der Waals surface area contributed by atoms with Crippen LogP contribution in [0, 0.1) is 5.92 Å². The number of nitrogens with one attached hydrogen (secondary N) is 1. The Morgan fingerprint density at radius 2 is 2.30 bits per heavy atom. The van der Waals surface area contributed by atoms with Crippen molar-refractivity contribution in [2.45, 2.75) is 39.2 Å². The van der Waals surface area contributed by atoms with Crippen LogP contribution >= 0.6 is 0 Å². The molecule has 0 bridgehead atoms. The van der Waals surface area contributed by atoms with Gasteiger partial charge in [0.25, 0.3) is 0 Å². The van der Waals surface area contributed by atoms with E-state index in [2.05, 4.69) is 25.2 Å². The zero-order chi connectivity index (χ0) is 14.5. The molecule has 1 aromatic rings. The van der Waals surface area contributed by atoms with Crippen molar-refractivity contribution in [2.24, 2.45) is 5.92 Å². The molecule has 1 aromatic carbocycles. The van der Waals surface area contributed by atoms with Gasteiger partial charge in [-0.25, -0.2) is 4.79 Å². The Labute approximate surface area is 120 Å². The number of nitrogens with zero attached hydrogens (tertiary/aromatic N) is 1. The second kappa shape index (κ2) is 6.75. The van der Waals surface area contributed by atoms with Gasteiger partial charge >= 0.3 is 6.03 Å². The first-order valence-corrected chi connectivity index (χ1v) is 7.43. The van der Waals surface area contributed by atoms with E-state index in [4.69, 9.17) is 0 Å². The Kier molecular flexibility index (Phi) is 5.01. The molecule has 0 aromatic heterocycles. The maximum absolute atomic E-state index is 12.4. The molecule has 0 aliphatic carbocycles. The van der Waals surface area contributed by atoms with Gasteiger partial charge in [-0.05, 0) is 42.9 Å². The fourth-order valence-electron chi connectivity index (χ4n) is 2.84. The number of amides is 2. The van der Waals surface area contributed by atoms with E-state index in [0.717, 1.165) is 31.5 Å². The zero-order valence-electron chi connectivity index (χ0n) is 12.3. The lowest BCUT2D eigenvalue weighted by Crippen LogP contribution is -2.51. The molecule has 4 heteroatoms. The van der Waals surface area contributed by atoms with Crippen molar-refractivity contribution in [3.05, 3.63) is 29.8 Å². The van der Waals surface area contributed by atoms with E-state index in [9.17, 15) is 9.90 Å². The van der Waals surface area contributed by atoms with Gasteiger partial charge in [-0.2, -0.15) is 0 Å². The van der Waals surface area contributed by atoms with Crippen LogP contribution in [0.5, 0.6) is 0 Å². The number of hydrogen-bond donors (Lipinski definition) is 2. The molecule has 2 atom stereocenters. The molecule has 1 fully saturated rings. The van der Waals surface area contributed by atoms with Gasteiger partial charge in [0.2, 0.25) is 0 Å². The molecule has 0 spiro atoms. The van der Waals surface area contributed by atoms with Gasteiger partial charge in [-0.3, -0.25) is 0 Å². The van der Waals surface area contributed by atoms with E-state index in [1.807, 2.05) is 18.2 Å². The van der Waals surface area contributed by atoms with Gasteiger partial charge in [0.15, 0.2) is 0 Å². The molecule has 2 unspecified atom stereocenters. The van der Waals surface area contributed by atoms with Crippen LogP contribution in [0.25, 0.3) is 0 Å². The Bertz CT molecular complexity index is 462. The molecule has 1 aliphatic heterocycles. The maximum atomic E-state index is 12.4. The summed E-state index contributed by atoms with van der Waals surface area (Å²) < 4.78 is 0. The highest BCUT2D eigenvalue weighted by Gasteiger charge is 2.31. The fraction of sp³-hybridized carbons (Fsp3) is 0.562. The summed E-state index contributed by atoms with van der Waals surface area (Å²) in [6.45, 7) is 4.94. The first-order valence-electron chi connectivity index (χ1n) is 7.43. The molecule has 0 saturated carbocycles. The summed E-state index contributed by atoms with van der Waals surface area (Å²) in [5.41, 5.74) is 2.03. The molecular formula is C16H24N2O2. The Hall–Kier alpha value is -1.55. The Morgan fingerprint density at radius 1 is 1.50 bits per heavy atom. The van der Waals surface area contributed by atoms with Gasteiger partial charge in [-0.1, -0.05) is 26.0 Å². The number of hydrogen-bond acceptors (Lipinski definition) is 2. The van der Waals surface area contributed by atoms with E-state index < -0.39 is 0 Å². The number of anilines is 1. The van der Waals surface area contributed by atoms with Crippen LogP contribution < -0.4 is 5.32 Å². The Balaban J connectivity index is 2.06. The minimum atomic E-state index is -0.108. The average molecular weight is 276 g/mol. The van der Waals surface area contributed by atoms with Crippen molar-refractivity contribution in [3.8, 4) is 0 Å². The zero-order valence-corrected chi connectivity index (χ0v) is 12.3. The quantitative estimate of drug-likeness (QED) is 0.892. The van der Waals surface area contributed by atoms with Crippen LogP contribution in [0.15, 0.2) is 24.3 Å². The third-order valence-corrected chi connectivity index (χ3v) is 4.15. The lowest BCUT2D eigenvalue weighted by atomic mass is 9.91. The number of urea groups is 1. The van der Waals surface area contributed by atoms with Crippen LogP contribution in [0.4, 0.5) is 10.5 Å². The van der Waals surface area contributed by atoms with Crippen molar-refractivity contribution in [3.63, 3.8) is 0 Å². The molecule has 4 nitrogen and oxygen atoms in total. The largest absolute Gasteiger partial charge is 0.394 e. The highest BCUT2D eigenvalue weighted by molar-refractivity contribution is 5.89. The van der Waals surface area contributed by atoms with Gasteiger partial charge in [0.05, 0.1) is 12.6 Å². The van der Waals surface area contributed by atoms with Crippen LogP contribution in [-0.4, -0.2) is 35.2 Å². The number of aliphatic hydroxyl groups is 1. The summed E-state index contributed by atoms with van der Waals surface area (Å²) in [5, 5.41) is 12.5. The number of aliphatic hydroxyl groups excluding tert-OH is 1. The number of carbonyl (C=O) groups excluding carboxylic acids is 1. The van der Waals surface area contributed by atoms with Crippen LogP contribution in [0.1, 0.15) is 32.3 Å². The topological polar surface area (TPSA) is 52.6 Å². The fourth-order valence-corrected chi connectivity index (χ4v) is 2.84. The molecule has 0 radical (unpaired) electrons. The van der Waals surface area contributed by atoms with Crippen LogP contribution in [0.3, 0.4) is 0 Å². The van der Waals surface area contributed by atoms with E-state index >= 15 is 0 Å². The SMILES string of the molecule is CCc1cccc(NC(=O)N2CCCC(C)C2CO)c1. The lowest BCUT2D eigenvalue weighted by molar-refractivity contribution is 0.0811. The first-order chi connectivity index (χ1) is 9.65. The molecule has 2 rings (SSSR count). The van der Waals surface area contributed by atoms with Crippen LogP contribution in [0.2, 0.25) is 0 Å². The lowest BCUT2D eigenvalue weighted by Gasteiger charge is -2.38. The number of benzene rings is 1. The molecule has 20 heavy (non-hydrogen) atoms. The van der Waals surface area contributed by atoms with Crippen molar-refractivity contribution < 1.29 is 9.90 Å². The molecule has 2 amide bonds. The third-order valence-electron chi connectivity index (χ3n) is 4.15. The van der Waals surface area contributed by atoms with Gasteiger partial charge in [-0.15, -0.1) is 0 Å². The van der Waals surface area contributed by atoms with E-state index in [0.29, 0.717) is 5.92 Å². The maximum Gasteiger partial charge on any atom is 0.322 e. The molecule has 1 heterocycles. The van der Waals surface area contributed by atoms with Crippen molar-refractivity contribution in [1.82, 2.24) is 4.90 Å². The number of carbonyl (C=O) groups is 1. The van der Waals surface area contributed by atoms with Crippen molar-refractivity contribution >= 4 is 11.7 Å². The molecule has 1 aliphatic rings. The standard InChI is InChI=1S/C16H24N2O2/c1-3-13-7-4-8-14(10-13)17-16(20)18-9-5-6-12(2)15(18)11-19/h4,7-8,10,12,15,19H,3,5-6,9,11H2,1-2H3,(H,17,20). The summed E-state index contributed by atoms with van der Waals surface area (Å²) in [6, 6.07) is 7.73. The average Bonchev–Trinajstić information content (AvgIpc) is 2.47. The number of piperidine rings is 1. The van der Waals surface area contributed by atoms with Gasteiger partial charge < -0.3 is 15.3 Å². The predicted molar refractivity (Wildman–Crippen MR) is 80.8 cm³/mol. The van der Waals surface area contributed by atoms with E-state index in [1.165, 1.54) is 5.56 Å². The molecule has 1 saturated heterocycles. The number of rotatable bonds is 3. The second-order valence-electron chi connectivity index (χ2n) is 5.55. The summed E-state index contributed by atoms with van der Waals surface area (Å²) in [7, 11) is 0. The minimum absolute atomic E-state index is 0.0313. The molecule has 2 N–H and O–H groups in total.